The minimum atomic E-state index is -0.114. The van der Waals surface area contributed by atoms with Crippen molar-refractivity contribution in [1.82, 2.24) is 15.0 Å². The smallest absolute Gasteiger partial charge is 0.228 e. The van der Waals surface area contributed by atoms with Gasteiger partial charge in [-0.3, -0.25) is 9.78 Å². The topological polar surface area (TPSA) is 118 Å². The first-order chi connectivity index (χ1) is 13.5. The average molecular weight is 437 g/mol. The van der Waals surface area contributed by atoms with Gasteiger partial charge in [0.1, 0.15) is 11.6 Å². The molecule has 0 spiro atoms. The number of halogens is 1. The molecule has 1 aliphatic carbocycles. The van der Waals surface area contributed by atoms with Gasteiger partial charge in [-0.25, -0.2) is 9.97 Å². The average Bonchev–Trinajstić information content (AvgIpc) is 3.45. The number of nitrogens with two attached hydrogens (primary N) is 1. The lowest BCUT2D eigenvalue weighted by atomic mass is 10.1. The standard InChI is InChI=1S/C20H17BrN6O/c1-10-3-5-24-8-14(10)18-17(21)13-7-16(25-9-15(13)19(23)27-18)26-20(28)12-6-11(12)2-4-22/h3,5,7-9,11-12H,2,6H2,1H3,(H2,23,27)(H,25,26,28)/t11-,12-/m0/s1. The molecule has 0 bridgehead atoms. The number of aryl methyl sites for hydroxylation is 1. The molecule has 0 aromatic carbocycles. The summed E-state index contributed by atoms with van der Waals surface area (Å²) in [6, 6.07) is 5.81. The normalized spacial score (nSPS) is 17.9. The molecule has 4 rings (SSSR count). The summed E-state index contributed by atoms with van der Waals surface area (Å²) >= 11 is 3.64. The summed E-state index contributed by atoms with van der Waals surface area (Å²) in [6.07, 6.45) is 6.24. The molecule has 1 aliphatic rings. The summed E-state index contributed by atoms with van der Waals surface area (Å²) in [7, 11) is 0. The van der Waals surface area contributed by atoms with E-state index >= 15 is 0 Å². The van der Waals surface area contributed by atoms with Crippen molar-refractivity contribution in [2.45, 2.75) is 19.8 Å². The first kappa shape index (κ1) is 18.3. The molecule has 2 atom stereocenters. The molecule has 1 amide bonds. The minimum absolute atomic E-state index is 0.103. The number of nitrogens with zero attached hydrogens (tertiary/aromatic N) is 4. The van der Waals surface area contributed by atoms with E-state index in [0.717, 1.165) is 27.4 Å². The van der Waals surface area contributed by atoms with Crippen LogP contribution in [0.4, 0.5) is 11.6 Å². The van der Waals surface area contributed by atoms with Gasteiger partial charge < -0.3 is 11.1 Å². The highest BCUT2D eigenvalue weighted by Crippen LogP contribution is 2.42. The number of rotatable bonds is 4. The molecule has 0 aliphatic heterocycles. The zero-order valence-electron chi connectivity index (χ0n) is 15.1. The van der Waals surface area contributed by atoms with Gasteiger partial charge in [0.05, 0.1) is 16.2 Å². The van der Waals surface area contributed by atoms with Crippen LogP contribution in [0.2, 0.25) is 0 Å². The van der Waals surface area contributed by atoms with Crippen molar-refractivity contribution in [3.63, 3.8) is 0 Å². The maximum atomic E-state index is 12.4. The van der Waals surface area contributed by atoms with E-state index in [1.807, 2.05) is 13.0 Å². The van der Waals surface area contributed by atoms with E-state index in [1.54, 1.807) is 24.7 Å². The van der Waals surface area contributed by atoms with Crippen molar-refractivity contribution in [1.29, 1.82) is 5.26 Å². The Morgan fingerprint density at radius 1 is 1.43 bits per heavy atom. The number of amides is 1. The maximum absolute atomic E-state index is 12.4. The summed E-state index contributed by atoms with van der Waals surface area (Å²) in [6.45, 7) is 1.98. The molecule has 0 unspecified atom stereocenters. The Morgan fingerprint density at radius 2 is 2.25 bits per heavy atom. The fraction of sp³-hybridized carbons (Fsp3) is 0.250. The molecule has 3 aromatic rings. The molecule has 140 valence electrons. The molecule has 8 heteroatoms. The Bertz CT molecular complexity index is 1140. The number of carbonyl (C=O) groups is 1. The quantitative estimate of drug-likeness (QED) is 0.641. The van der Waals surface area contributed by atoms with E-state index in [1.165, 1.54) is 0 Å². The monoisotopic (exact) mass is 436 g/mol. The summed E-state index contributed by atoms with van der Waals surface area (Å²) in [4.78, 5) is 25.4. The molecule has 7 nitrogen and oxygen atoms in total. The molecule has 3 heterocycles. The minimum Gasteiger partial charge on any atom is -0.383 e. The third kappa shape index (κ3) is 3.29. The Labute approximate surface area is 170 Å². The molecule has 0 radical (unpaired) electrons. The van der Waals surface area contributed by atoms with E-state index in [4.69, 9.17) is 11.0 Å². The van der Waals surface area contributed by atoms with Gasteiger partial charge in [0.25, 0.3) is 0 Å². The van der Waals surface area contributed by atoms with Crippen molar-refractivity contribution >= 4 is 44.2 Å². The number of fused-ring (bicyclic) bond motifs is 1. The van der Waals surface area contributed by atoms with Crippen LogP contribution in [0.25, 0.3) is 22.0 Å². The fourth-order valence-electron chi connectivity index (χ4n) is 3.29. The fourth-order valence-corrected chi connectivity index (χ4v) is 3.92. The number of nitrogen functional groups attached to an aromatic ring is 1. The number of aromatic nitrogens is 3. The van der Waals surface area contributed by atoms with Crippen LogP contribution in [0.3, 0.4) is 0 Å². The van der Waals surface area contributed by atoms with Crippen LogP contribution >= 0.6 is 15.9 Å². The lowest BCUT2D eigenvalue weighted by Gasteiger charge is -2.12. The van der Waals surface area contributed by atoms with E-state index in [2.05, 4.69) is 42.3 Å². The lowest BCUT2D eigenvalue weighted by Crippen LogP contribution is -2.15. The van der Waals surface area contributed by atoms with Gasteiger partial charge in [-0.1, -0.05) is 0 Å². The number of hydrogen-bond donors (Lipinski definition) is 2. The molecule has 3 N–H and O–H groups in total. The summed E-state index contributed by atoms with van der Waals surface area (Å²) in [5.74, 6) is 0.737. The van der Waals surface area contributed by atoms with Crippen molar-refractivity contribution in [2.75, 3.05) is 11.1 Å². The van der Waals surface area contributed by atoms with E-state index in [-0.39, 0.29) is 17.7 Å². The Morgan fingerprint density at radius 3 is 3.00 bits per heavy atom. The van der Waals surface area contributed by atoms with Crippen LogP contribution in [0, 0.1) is 30.1 Å². The number of anilines is 2. The maximum Gasteiger partial charge on any atom is 0.228 e. The number of carbonyl (C=O) groups excluding carboxylic acids is 1. The second-order valence-corrected chi connectivity index (χ2v) is 7.71. The zero-order valence-corrected chi connectivity index (χ0v) is 16.7. The Hall–Kier alpha value is -3.05. The Kier molecular flexibility index (Phi) is 4.69. The van der Waals surface area contributed by atoms with E-state index in [0.29, 0.717) is 29.1 Å². The number of hydrogen-bond acceptors (Lipinski definition) is 6. The molecule has 28 heavy (non-hydrogen) atoms. The zero-order chi connectivity index (χ0) is 19.8. The Balaban J connectivity index is 1.71. The lowest BCUT2D eigenvalue weighted by molar-refractivity contribution is -0.117. The number of nitrogens with one attached hydrogen (secondary N) is 1. The van der Waals surface area contributed by atoms with Crippen LogP contribution in [0.5, 0.6) is 0 Å². The van der Waals surface area contributed by atoms with Crippen LogP contribution in [-0.4, -0.2) is 20.9 Å². The van der Waals surface area contributed by atoms with Crippen molar-refractivity contribution in [3.05, 3.63) is 40.8 Å². The highest BCUT2D eigenvalue weighted by molar-refractivity contribution is 9.10. The third-order valence-electron chi connectivity index (χ3n) is 5.01. The second-order valence-electron chi connectivity index (χ2n) is 6.92. The van der Waals surface area contributed by atoms with Gasteiger partial charge in [-0.2, -0.15) is 5.26 Å². The van der Waals surface area contributed by atoms with Gasteiger partial charge in [-0.15, -0.1) is 0 Å². The van der Waals surface area contributed by atoms with Gasteiger partial charge in [0, 0.05) is 47.3 Å². The molecule has 1 saturated carbocycles. The molecule has 3 aromatic heterocycles. The molecule has 1 fully saturated rings. The highest BCUT2D eigenvalue weighted by atomic mass is 79.9. The van der Waals surface area contributed by atoms with E-state index in [9.17, 15) is 4.79 Å². The summed E-state index contributed by atoms with van der Waals surface area (Å²) in [5, 5.41) is 13.1. The predicted molar refractivity (Wildman–Crippen MR) is 110 cm³/mol. The summed E-state index contributed by atoms with van der Waals surface area (Å²) < 4.78 is 0.763. The van der Waals surface area contributed by atoms with Gasteiger partial charge >= 0.3 is 0 Å². The molecular formula is C20H17BrN6O. The summed E-state index contributed by atoms with van der Waals surface area (Å²) in [5.41, 5.74) is 8.76. The third-order valence-corrected chi connectivity index (χ3v) is 5.82. The predicted octanol–water partition coefficient (Wildman–Crippen LogP) is 3.83. The van der Waals surface area contributed by atoms with Crippen LogP contribution in [0.15, 0.2) is 35.2 Å². The SMILES string of the molecule is Cc1ccncc1-c1nc(N)c2cnc(NC(=O)[C@H]3C[C@@H]3CC#N)cc2c1Br. The highest BCUT2D eigenvalue weighted by Gasteiger charge is 2.42. The van der Waals surface area contributed by atoms with Crippen molar-refractivity contribution < 1.29 is 4.79 Å². The van der Waals surface area contributed by atoms with Gasteiger partial charge in [0.15, 0.2) is 0 Å². The van der Waals surface area contributed by atoms with Crippen LogP contribution < -0.4 is 11.1 Å². The van der Waals surface area contributed by atoms with Crippen molar-refractivity contribution in [2.24, 2.45) is 11.8 Å². The van der Waals surface area contributed by atoms with Gasteiger partial charge in [-0.05, 0) is 52.9 Å². The largest absolute Gasteiger partial charge is 0.383 e. The first-order valence-electron chi connectivity index (χ1n) is 8.83. The van der Waals surface area contributed by atoms with Gasteiger partial charge in [0.2, 0.25) is 5.91 Å². The van der Waals surface area contributed by atoms with E-state index < -0.39 is 0 Å². The van der Waals surface area contributed by atoms with Crippen molar-refractivity contribution in [3.8, 4) is 17.3 Å². The second kappa shape index (κ2) is 7.17. The van der Waals surface area contributed by atoms with Crippen LogP contribution in [-0.2, 0) is 4.79 Å². The molecule has 0 saturated heterocycles. The molecular weight excluding hydrogens is 420 g/mol. The first-order valence-corrected chi connectivity index (χ1v) is 9.62. The number of nitriles is 1. The number of pyridine rings is 3. The van der Waals surface area contributed by atoms with Crippen LogP contribution in [0.1, 0.15) is 18.4 Å².